The van der Waals surface area contributed by atoms with Crippen LogP contribution in [0.15, 0.2) is 11.8 Å². The molecule has 0 aromatic heterocycles. The number of nitrogens with zero attached hydrogens (tertiary/aromatic N) is 1. The number of rotatable bonds is 3. The SMILES string of the molecule is CC(C)CN1C(=O)NC(C(F)(F)F)=CC1C(=O)O. The number of carbonyl (C=O) groups is 2. The second kappa shape index (κ2) is 4.87. The zero-order valence-electron chi connectivity index (χ0n) is 9.78. The van der Waals surface area contributed by atoms with Crippen molar-refractivity contribution < 1.29 is 27.9 Å². The van der Waals surface area contributed by atoms with Crippen LogP contribution < -0.4 is 5.32 Å². The van der Waals surface area contributed by atoms with E-state index in [1.54, 1.807) is 19.2 Å². The van der Waals surface area contributed by atoms with Gasteiger partial charge in [0, 0.05) is 6.54 Å². The van der Waals surface area contributed by atoms with Crippen molar-refractivity contribution in [3.63, 3.8) is 0 Å². The van der Waals surface area contributed by atoms with Crippen LogP contribution in [0.3, 0.4) is 0 Å². The van der Waals surface area contributed by atoms with E-state index < -0.39 is 29.9 Å². The predicted molar refractivity (Wildman–Crippen MR) is 55.6 cm³/mol. The minimum Gasteiger partial charge on any atom is -0.479 e. The molecule has 5 nitrogen and oxygen atoms in total. The average Bonchev–Trinajstić information content (AvgIpc) is 2.17. The summed E-state index contributed by atoms with van der Waals surface area (Å²) in [5.74, 6) is -1.55. The first-order valence-corrected chi connectivity index (χ1v) is 5.22. The normalized spacial score (nSPS) is 20.8. The van der Waals surface area contributed by atoms with Gasteiger partial charge in [-0.2, -0.15) is 13.2 Å². The van der Waals surface area contributed by atoms with Crippen molar-refractivity contribution in [1.29, 1.82) is 0 Å². The molecule has 0 spiro atoms. The largest absolute Gasteiger partial charge is 0.479 e. The first-order chi connectivity index (χ1) is 8.12. The summed E-state index contributed by atoms with van der Waals surface area (Å²) in [6, 6.07) is -2.65. The maximum absolute atomic E-state index is 12.4. The fourth-order valence-corrected chi connectivity index (χ4v) is 1.56. The Morgan fingerprint density at radius 3 is 2.50 bits per heavy atom. The number of allylic oxidation sites excluding steroid dienone is 1. The van der Waals surface area contributed by atoms with Gasteiger partial charge in [0.1, 0.15) is 5.70 Å². The Hall–Kier alpha value is -1.73. The number of halogens is 3. The summed E-state index contributed by atoms with van der Waals surface area (Å²) in [6.45, 7) is 3.52. The summed E-state index contributed by atoms with van der Waals surface area (Å²) >= 11 is 0. The molecule has 1 heterocycles. The number of urea groups is 1. The lowest BCUT2D eigenvalue weighted by atomic mass is 10.1. The van der Waals surface area contributed by atoms with E-state index in [0.29, 0.717) is 6.08 Å². The molecular formula is C10H13F3N2O3. The molecule has 0 saturated heterocycles. The standard InChI is InChI=1S/C10H13F3N2O3/c1-5(2)4-15-6(8(16)17)3-7(10(11,12)13)14-9(15)18/h3,5-6H,4H2,1-2H3,(H,14,18)(H,16,17). The molecule has 0 fully saturated rings. The zero-order valence-corrected chi connectivity index (χ0v) is 9.78. The monoisotopic (exact) mass is 266 g/mol. The van der Waals surface area contributed by atoms with Gasteiger partial charge in [-0.25, -0.2) is 9.59 Å². The number of hydrogen-bond acceptors (Lipinski definition) is 2. The van der Waals surface area contributed by atoms with Crippen molar-refractivity contribution in [2.75, 3.05) is 6.54 Å². The molecule has 1 aliphatic heterocycles. The molecule has 102 valence electrons. The van der Waals surface area contributed by atoms with E-state index in [9.17, 15) is 22.8 Å². The van der Waals surface area contributed by atoms with Crippen LogP contribution in [-0.4, -0.2) is 40.8 Å². The van der Waals surface area contributed by atoms with Crippen LogP contribution in [0, 0.1) is 5.92 Å². The van der Waals surface area contributed by atoms with E-state index >= 15 is 0 Å². The number of carboxylic acids is 1. The lowest BCUT2D eigenvalue weighted by Crippen LogP contribution is -2.55. The maximum atomic E-state index is 12.4. The summed E-state index contributed by atoms with van der Waals surface area (Å²) in [5, 5.41) is 10.5. The highest BCUT2D eigenvalue weighted by atomic mass is 19.4. The lowest BCUT2D eigenvalue weighted by molar-refractivity contribution is -0.141. The molecule has 0 aromatic rings. The van der Waals surface area contributed by atoms with Gasteiger partial charge in [0.2, 0.25) is 0 Å². The van der Waals surface area contributed by atoms with Gasteiger partial charge in [0.25, 0.3) is 0 Å². The Labute approximate surface area is 101 Å². The number of alkyl halides is 3. The van der Waals surface area contributed by atoms with E-state index in [0.717, 1.165) is 4.90 Å². The van der Waals surface area contributed by atoms with E-state index in [4.69, 9.17) is 5.11 Å². The highest BCUT2D eigenvalue weighted by molar-refractivity contribution is 5.87. The third-order valence-corrected chi connectivity index (χ3v) is 2.28. The third kappa shape index (κ3) is 3.14. The van der Waals surface area contributed by atoms with Crippen LogP contribution in [0.2, 0.25) is 0 Å². The van der Waals surface area contributed by atoms with Crippen molar-refractivity contribution in [3.8, 4) is 0 Å². The molecule has 2 amide bonds. The van der Waals surface area contributed by atoms with Gasteiger partial charge in [-0.1, -0.05) is 13.8 Å². The van der Waals surface area contributed by atoms with Crippen molar-refractivity contribution in [2.24, 2.45) is 5.92 Å². The molecule has 0 aliphatic carbocycles. The van der Waals surface area contributed by atoms with Gasteiger partial charge < -0.3 is 15.3 Å². The van der Waals surface area contributed by atoms with E-state index in [2.05, 4.69) is 0 Å². The van der Waals surface area contributed by atoms with Crippen LogP contribution in [0.4, 0.5) is 18.0 Å². The summed E-state index contributed by atoms with van der Waals surface area (Å²) in [5.41, 5.74) is -1.33. The van der Waals surface area contributed by atoms with Gasteiger partial charge in [-0.3, -0.25) is 0 Å². The Bertz CT molecular complexity index is 390. The van der Waals surface area contributed by atoms with Crippen molar-refractivity contribution in [1.82, 2.24) is 10.2 Å². The first-order valence-electron chi connectivity index (χ1n) is 5.22. The molecule has 2 N–H and O–H groups in total. The number of amides is 2. The van der Waals surface area contributed by atoms with E-state index in [-0.39, 0.29) is 12.5 Å². The average molecular weight is 266 g/mol. The van der Waals surface area contributed by atoms with Crippen LogP contribution in [0.1, 0.15) is 13.8 Å². The molecule has 1 unspecified atom stereocenters. The van der Waals surface area contributed by atoms with Crippen LogP contribution in [0.5, 0.6) is 0 Å². The Morgan fingerprint density at radius 2 is 2.11 bits per heavy atom. The number of hydrogen-bond donors (Lipinski definition) is 2. The molecular weight excluding hydrogens is 253 g/mol. The van der Waals surface area contributed by atoms with E-state index in [1.807, 2.05) is 0 Å². The van der Waals surface area contributed by atoms with Gasteiger partial charge in [0.15, 0.2) is 6.04 Å². The Kier molecular flexibility index (Phi) is 3.88. The molecule has 8 heteroatoms. The maximum Gasteiger partial charge on any atom is 0.431 e. The summed E-state index contributed by atoms with van der Waals surface area (Å²) in [6.07, 6.45) is -4.26. The minimum atomic E-state index is -4.77. The van der Waals surface area contributed by atoms with Crippen molar-refractivity contribution >= 4 is 12.0 Å². The number of nitrogens with one attached hydrogen (secondary N) is 1. The van der Waals surface area contributed by atoms with Crippen LogP contribution in [-0.2, 0) is 4.79 Å². The summed E-state index contributed by atoms with van der Waals surface area (Å²) < 4.78 is 37.3. The predicted octanol–water partition coefficient (Wildman–Crippen LogP) is 1.57. The summed E-state index contributed by atoms with van der Waals surface area (Å²) in [7, 11) is 0. The fraction of sp³-hybridized carbons (Fsp3) is 0.600. The second-order valence-corrected chi connectivity index (χ2v) is 4.34. The zero-order chi connectivity index (χ0) is 14.1. The quantitative estimate of drug-likeness (QED) is 0.814. The topological polar surface area (TPSA) is 69.6 Å². The molecule has 0 bridgehead atoms. The molecule has 0 aromatic carbocycles. The molecule has 18 heavy (non-hydrogen) atoms. The molecule has 0 saturated carbocycles. The van der Waals surface area contributed by atoms with Crippen LogP contribution >= 0.6 is 0 Å². The smallest absolute Gasteiger partial charge is 0.431 e. The minimum absolute atomic E-state index is 0.0570. The van der Waals surface area contributed by atoms with Crippen molar-refractivity contribution in [2.45, 2.75) is 26.1 Å². The molecule has 0 radical (unpaired) electrons. The first kappa shape index (κ1) is 14.3. The molecule has 1 rings (SSSR count). The number of aliphatic carboxylic acids is 1. The highest BCUT2D eigenvalue weighted by Gasteiger charge is 2.42. The van der Waals surface area contributed by atoms with Crippen LogP contribution in [0.25, 0.3) is 0 Å². The van der Waals surface area contributed by atoms with Gasteiger partial charge in [-0.15, -0.1) is 0 Å². The third-order valence-electron chi connectivity index (χ3n) is 2.28. The van der Waals surface area contributed by atoms with Gasteiger partial charge in [0.05, 0.1) is 0 Å². The van der Waals surface area contributed by atoms with Crippen molar-refractivity contribution in [3.05, 3.63) is 11.8 Å². The Morgan fingerprint density at radius 1 is 1.56 bits per heavy atom. The second-order valence-electron chi connectivity index (χ2n) is 4.34. The highest BCUT2D eigenvalue weighted by Crippen LogP contribution is 2.27. The summed E-state index contributed by atoms with van der Waals surface area (Å²) in [4.78, 5) is 23.3. The Balaban J connectivity index is 3.07. The van der Waals surface area contributed by atoms with Gasteiger partial charge >= 0.3 is 18.2 Å². The van der Waals surface area contributed by atoms with E-state index in [1.165, 1.54) is 0 Å². The number of carboxylic acid groups (broad SMARTS) is 1. The number of carbonyl (C=O) groups excluding carboxylic acids is 1. The lowest BCUT2D eigenvalue weighted by Gasteiger charge is -2.33. The fourth-order valence-electron chi connectivity index (χ4n) is 1.56. The van der Waals surface area contributed by atoms with Gasteiger partial charge in [-0.05, 0) is 12.0 Å². The molecule has 1 aliphatic rings. The molecule has 1 atom stereocenters.